The fraction of sp³-hybridized carbons (Fsp3) is 0.0556. The van der Waals surface area contributed by atoms with Crippen molar-refractivity contribution in [3.05, 3.63) is 64.6 Å². The molecule has 4 aromatic rings. The van der Waals surface area contributed by atoms with Crippen LogP contribution in [0.3, 0.4) is 0 Å². The SMILES string of the molecule is O=C(CSc1nnc(-c2ccc(Br)cc2)o1)Nc1cc(Cl)ccc1-n1cncn1. The number of anilines is 1. The number of benzene rings is 2. The zero-order valence-corrected chi connectivity index (χ0v) is 17.8. The second-order valence-corrected chi connectivity index (χ2v) is 8.00. The van der Waals surface area contributed by atoms with Crippen molar-refractivity contribution in [1.82, 2.24) is 25.0 Å². The van der Waals surface area contributed by atoms with Gasteiger partial charge in [0.15, 0.2) is 0 Å². The van der Waals surface area contributed by atoms with E-state index >= 15 is 0 Å². The van der Waals surface area contributed by atoms with Crippen molar-refractivity contribution >= 4 is 50.9 Å². The topological polar surface area (TPSA) is 98.7 Å². The molecule has 0 spiro atoms. The monoisotopic (exact) mass is 490 g/mol. The molecule has 4 rings (SSSR count). The Balaban J connectivity index is 1.41. The molecule has 8 nitrogen and oxygen atoms in total. The number of nitrogens with zero attached hydrogens (tertiary/aromatic N) is 5. The van der Waals surface area contributed by atoms with Gasteiger partial charge < -0.3 is 9.73 Å². The first kappa shape index (κ1) is 19.6. The summed E-state index contributed by atoms with van der Waals surface area (Å²) in [6.07, 6.45) is 2.95. The summed E-state index contributed by atoms with van der Waals surface area (Å²) in [7, 11) is 0. The molecule has 2 aromatic heterocycles. The largest absolute Gasteiger partial charge is 0.411 e. The molecule has 2 aromatic carbocycles. The van der Waals surface area contributed by atoms with E-state index in [-0.39, 0.29) is 11.7 Å². The second-order valence-electron chi connectivity index (χ2n) is 5.72. The third-order valence-electron chi connectivity index (χ3n) is 3.72. The number of hydrogen-bond donors (Lipinski definition) is 1. The third kappa shape index (κ3) is 4.84. The molecule has 0 aliphatic heterocycles. The van der Waals surface area contributed by atoms with Gasteiger partial charge in [0, 0.05) is 15.1 Å². The van der Waals surface area contributed by atoms with Gasteiger partial charge >= 0.3 is 0 Å². The minimum atomic E-state index is -0.248. The minimum absolute atomic E-state index is 0.0886. The normalized spacial score (nSPS) is 10.8. The van der Waals surface area contributed by atoms with E-state index in [1.54, 1.807) is 22.9 Å². The lowest BCUT2D eigenvalue weighted by Gasteiger charge is -2.10. The number of carbonyl (C=O) groups is 1. The lowest BCUT2D eigenvalue weighted by molar-refractivity contribution is -0.113. The number of hydrogen-bond acceptors (Lipinski definition) is 7. The molecule has 146 valence electrons. The van der Waals surface area contributed by atoms with E-state index in [0.717, 1.165) is 21.8 Å². The van der Waals surface area contributed by atoms with Crippen LogP contribution in [0.25, 0.3) is 17.1 Å². The van der Waals surface area contributed by atoms with E-state index in [2.05, 4.69) is 41.5 Å². The van der Waals surface area contributed by atoms with Crippen LogP contribution in [0, 0.1) is 0 Å². The van der Waals surface area contributed by atoms with Crippen molar-refractivity contribution in [3.63, 3.8) is 0 Å². The van der Waals surface area contributed by atoms with Crippen LogP contribution in [0.2, 0.25) is 5.02 Å². The zero-order chi connectivity index (χ0) is 20.2. The van der Waals surface area contributed by atoms with Crippen LogP contribution < -0.4 is 5.32 Å². The molecule has 0 saturated heterocycles. The fourth-order valence-corrected chi connectivity index (χ4v) is 3.43. The Morgan fingerprint density at radius 2 is 2.03 bits per heavy atom. The Hall–Kier alpha value is -2.69. The second kappa shape index (κ2) is 8.76. The molecule has 0 unspecified atom stereocenters. The maximum absolute atomic E-state index is 12.4. The minimum Gasteiger partial charge on any atom is -0.411 e. The number of thioether (sulfide) groups is 1. The van der Waals surface area contributed by atoms with E-state index in [1.807, 2.05) is 24.3 Å². The van der Waals surface area contributed by atoms with Gasteiger partial charge in [-0.15, -0.1) is 10.2 Å². The van der Waals surface area contributed by atoms with Gasteiger partial charge in [0.2, 0.25) is 11.8 Å². The number of rotatable bonds is 6. The van der Waals surface area contributed by atoms with Crippen LogP contribution in [-0.4, -0.2) is 36.6 Å². The summed E-state index contributed by atoms with van der Waals surface area (Å²) in [6.45, 7) is 0. The van der Waals surface area contributed by atoms with Gasteiger partial charge in [-0.25, -0.2) is 9.67 Å². The molecule has 29 heavy (non-hydrogen) atoms. The van der Waals surface area contributed by atoms with Gasteiger partial charge in [0.25, 0.3) is 5.22 Å². The molecule has 0 bridgehead atoms. The van der Waals surface area contributed by atoms with Crippen LogP contribution in [0.5, 0.6) is 0 Å². The van der Waals surface area contributed by atoms with Gasteiger partial charge in [0.05, 0.1) is 17.1 Å². The average molecular weight is 492 g/mol. The van der Waals surface area contributed by atoms with Gasteiger partial charge in [-0.3, -0.25) is 4.79 Å². The molecule has 0 atom stereocenters. The highest BCUT2D eigenvalue weighted by Gasteiger charge is 2.14. The summed E-state index contributed by atoms with van der Waals surface area (Å²) in [4.78, 5) is 16.3. The van der Waals surface area contributed by atoms with E-state index in [0.29, 0.717) is 27.5 Å². The molecule has 1 amide bonds. The maximum Gasteiger partial charge on any atom is 0.277 e. The first-order valence-electron chi connectivity index (χ1n) is 8.25. The van der Waals surface area contributed by atoms with Crippen LogP contribution in [0.4, 0.5) is 5.69 Å². The van der Waals surface area contributed by atoms with Crippen LogP contribution in [0.1, 0.15) is 0 Å². The molecule has 2 heterocycles. The van der Waals surface area contributed by atoms with Crippen molar-refractivity contribution in [2.24, 2.45) is 0 Å². The molecular weight excluding hydrogens is 480 g/mol. The first-order chi connectivity index (χ1) is 14.1. The number of aromatic nitrogens is 5. The van der Waals surface area contributed by atoms with Crippen molar-refractivity contribution in [2.75, 3.05) is 11.1 Å². The Bertz CT molecular complexity index is 1130. The Morgan fingerprint density at radius 3 is 2.79 bits per heavy atom. The van der Waals surface area contributed by atoms with E-state index in [4.69, 9.17) is 16.0 Å². The first-order valence-corrected chi connectivity index (χ1v) is 10.4. The van der Waals surface area contributed by atoms with Crippen LogP contribution >= 0.6 is 39.3 Å². The van der Waals surface area contributed by atoms with Crippen molar-refractivity contribution < 1.29 is 9.21 Å². The van der Waals surface area contributed by atoms with Crippen molar-refractivity contribution in [2.45, 2.75) is 5.22 Å². The fourth-order valence-electron chi connectivity index (χ4n) is 2.43. The Morgan fingerprint density at radius 1 is 1.21 bits per heavy atom. The van der Waals surface area contributed by atoms with Crippen molar-refractivity contribution in [3.8, 4) is 17.1 Å². The number of nitrogens with one attached hydrogen (secondary N) is 1. The summed E-state index contributed by atoms with van der Waals surface area (Å²) in [6, 6.07) is 12.6. The molecule has 0 fully saturated rings. The summed E-state index contributed by atoms with van der Waals surface area (Å²) in [5.41, 5.74) is 1.98. The lowest BCUT2D eigenvalue weighted by Crippen LogP contribution is -2.16. The molecular formula is C18H12BrClN6O2S. The number of halogens is 2. The predicted molar refractivity (Wildman–Crippen MR) is 113 cm³/mol. The highest BCUT2D eigenvalue weighted by Crippen LogP contribution is 2.26. The third-order valence-corrected chi connectivity index (χ3v) is 5.30. The predicted octanol–water partition coefficient (Wildman–Crippen LogP) is 4.46. The molecule has 1 N–H and O–H groups in total. The van der Waals surface area contributed by atoms with Crippen LogP contribution in [0.15, 0.2) is 69.2 Å². The lowest BCUT2D eigenvalue weighted by atomic mass is 10.2. The van der Waals surface area contributed by atoms with E-state index < -0.39 is 0 Å². The number of amides is 1. The highest BCUT2D eigenvalue weighted by molar-refractivity contribution is 9.10. The average Bonchev–Trinajstić information content (AvgIpc) is 3.39. The van der Waals surface area contributed by atoms with E-state index in [9.17, 15) is 4.79 Å². The molecule has 0 radical (unpaired) electrons. The smallest absolute Gasteiger partial charge is 0.277 e. The summed E-state index contributed by atoms with van der Waals surface area (Å²) < 4.78 is 8.11. The molecule has 0 saturated carbocycles. The Kier molecular flexibility index (Phi) is 5.93. The van der Waals surface area contributed by atoms with Gasteiger partial charge in [0.1, 0.15) is 12.7 Å². The Labute approximate surface area is 182 Å². The summed E-state index contributed by atoms with van der Waals surface area (Å²) in [5, 5.41) is 15.7. The van der Waals surface area contributed by atoms with Crippen LogP contribution in [-0.2, 0) is 4.79 Å². The molecule has 11 heteroatoms. The van der Waals surface area contributed by atoms with E-state index in [1.165, 1.54) is 12.7 Å². The number of carbonyl (C=O) groups excluding carboxylic acids is 1. The highest BCUT2D eigenvalue weighted by atomic mass is 79.9. The van der Waals surface area contributed by atoms with Crippen molar-refractivity contribution in [1.29, 1.82) is 0 Å². The molecule has 0 aliphatic rings. The summed E-state index contributed by atoms with van der Waals surface area (Å²) >= 11 is 10.6. The van der Waals surface area contributed by atoms with Gasteiger partial charge in [-0.1, -0.05) is 39.3 Å². The van der Waals surface area contributed by atoms with Gasteiger partial charge in [-0.2, -0.15) is 5.10 Å². The maximum atomic E-state index is 12.4. The molecule has 0 aliphatic carbocycles. The zero-order valence-electron chi connectivity index (χ0n) is 14.6. The standard InChI is InChI=1S/C18H12BrClN6O2S/c19-12-3-1-11(2-4-12)17-24-25-18(28-17)29-8-16(27)23-14-7-13(20)5-6-15(14)26-10-21-9-22-26/h1-7,9-10H,8H2,(H,23,27). The summed E-state index contributed by atoms with van der Waals surface area (Å²) in [5.74, 6) is 0.233. The van der Waals surface area contributed by atoms with Gasteiger partial charge in [-0.05, 0) is 42.5 Å². The quantitative estimate of drug-likeness (QED) is 0.397.